The van der Waals surface area contributed by atoms with Crippen molar-refractivity contribution in [2.45, 2.75) is 57.2 Å². The molecule has 1 aliphatic carbocycles. The second kappa shape index (κ2) is 7.64. The van der Waals surface area contributed by atoms with Crippen molar-refractivity contribution in [2.75, 3.05) is 6.61 Å². The smallest absolute Gasteiger partial charge is 0.255 e. The molecule has 1 aromatic rings. The molecule has 1 saturated carbocycles. The summed E-state index contributed by atoms with van der Waals surface area (Å²) in [4.78, 5) is 37.9. The number of hydrogen-bond acceptors (Lipinski definition) is 5. The van der Waals surface area contributed by atoms with E-state index in [9.17, 15) is 19.5 Å². The van der Waals surface area contributed by atoms with Gasteiger partial charge in [0.15, 0.2) is 0 Å². The minimum atomic E-state index is -0.585. The fraction of sp³-hybridized carbons (Fsp3) is 0.571. The summed E-state index contributed by atoms with van der Waals surface area (Å²) >= 11 is 0. The number of piperidine rings is 1. The number of rotatable bonds is 4. The maximum Gasteiger partial charge on any atom is 0.255 e. The lowest BCUT2D eigenvalue weighted by atomic mass is 9.76. The Morgan fingerprint density at radius 2 is 2.00 bits per heavy atom. The third-order valence-electron chi connectivity index (χ3n) is 6.49. The highest BCUT2D eigenvalue weighted by Gasteiger charge is 2.39. The molecule has 150 valence electrons. The Kier molecular flexibility index (Phi) is 5.21. The molecule has 28 heavy (non-hydrogen) atoms. The van der Waals surface area contributed by atoms with Crippen LogP contribution in [0.25, 0.3) is 0 Å². The number of carbonyl (C=O) groups excluding carboxylic acids is 3. The van der Waals surface area contributed by atoms with E-state index in [1.165, 1.54) is 0 Å². The zero-order chi connectivity index (χ0) is 19.8. The Hall–Kier alpha value is -2.25. The molecule has 4 N–H and O–H groups in total. The van der Waals surface area contributed by atoms with Crippen molar-refractivity contribution in [3.63, 3.8) is 0 Å². The molecule has 2 heterocycles. The van der Waals surface area contributed by atoms with Crippen LogP contribution in [0.3, 0.4) is 0 Å². The standard InChI is InChI=1S/C21H27N3O4/c22-17-4-2-13(11-25)9-14(17)7-12-1-3-16-15(8-12)10-24(21(16)28)18-5-6-19(26)23-20(18)27/h1,3,8,13-14,17-18,25H,2,4-7,9-11,22H2,(H,23,26,27)/t13?,14-,17-,18?/m0/s1. The monoisotopic (exact) mass is 385 g/mol. The van der Waals surface area contributed by atoms with E-state index in [4.69, 9.17) is 5.73 Å². The Bertz CT molecular complexity index is 809. The van der Waals surface area contributed by atoms with Gasteiger partial charge in [-0.15, -0.1) is 0 Å². The van der Waals surface area contributed by atoms with Crippen LogP contribution >= 0.6 is 0 Å². The highest BCUT2D eigenvalue weighted by atomic mass is 16.3. The fourth-order valence-corrected chi connectivity index (χ4v) is 4.84. The second-order valence-electron chi connectivity index (χ2n) is 8.38. The van der Waals surface area contributed by atoms with Crippen molar-refractivity contribution in [2.24, 2.45) is 17.6 Å². The summed E-state index contributed by atoms with van der Waals surface area (Å²) in [5, 5.41) is 11.8. The molecule has 4 atom stereocenters. The SMILES string of the molecule is N[C@H]1CCC(CO)C[C@@H]1Cc1ccc2c(c1)CN(C1CCC(=O)NC1=O)C2=O. The van der Waals surface area contributed by atoms with Crippen LogP contribution in [0.4, 0.5) is 0 Å². The van der Waals surface area contributed by atoms with E-state index < -0.39 is 6.04 Å². The molecular weight excluding hydrogens is 358 g/mol. The summed E-state index contributed by atoms with van der Waals surface area (Å²) in [5.74, 6) is -0.166. The van der Waals surface area contributed by atoms with E-state index in [1.54, 1.807) is 4.90 Å². The van der Waals surface area contributed by atoms with Crippen molar-refractivity contribution < 1.29 is 19.5 Å². The van der Waals surface area contributed by atoms with Crippen molar-refractivity contribution in [1.82, 2.24) is 10.2 Å². The van der Waals surface area contributed by atoms with Gasteiger partial charge in [0.25, 0.3) is 5.91 Å². The van der Waals surface area contributed by atoms with Crippen LogP contribution in [0.1, 0.15) is 53.6 Å². The Morgan fingerprint density at radius 1 is 1.18 bits per heavy atom. The number of imide groups is 1. The fourth-order valence-electron chi connectivity index (χ4n) is 4.84. The molecule has 3 amide bonds. The van der Waals surface area contributed by atoms with Gasteiger partial charge in [-0.05, 0) is 61.1 Å². The van der Waals surface area contributed by atoms with Gasteiger partial charge in [0.05, 0.1) is 0 Å². The first-order valence-corrected chi connectivity index (χ1v) is 10.1. The van der Waals surface area contributed by atoms with Gasteiger partial charge < -0.3 is 15.7 Å². The molecule has 4 rings (SSSR count). The van der Waals surface area contributed by atoms with E-state index >= 15 is 0 Å². The number of nitrogens with one attached hydrogen (secondary N) is 1. The Balaban J connectivity index is 1.48. The molecule has 7 heteroatoms. The first-order chi connectivity index (χ1) is 13.5. The molecule has 0 aromatic heterocycles. The first kappa shape index (κ1) is 19.1. The zero-order valence-electron chi connectivity index (χ0n) is 15.9. The van der Waals surface area contributed by atoms with Crippen molar-refractivity contribution >= 4 is 17.7 Å². The van der Waals surface area contributed by atoms with Crippen LogP contribution in [0.2, 0.25) is 0 Å². The van der Waals surface area contributed by atoms with Gasteiger partial charge in [0, 0.05) is 31.2 Å². The van der Waals surface area contributed by atoms with E-state index in [0.717, 1.165) is 36.8 Å². The first-order valence-electron chi connectivity index (χ1n) is 10.1. The van der Waals surface area contributed by atoms with Crippen LogP contribution in [0, 0.1) is 11.8 Å². The molecule has 1 saturated heterocycles. The van der Waals surface area contributed by atoms with Crippen LogP contribution in [-0.4, -0.2) is 46.4 Å². The summed E-state index contributed by atoms with van der Waals surface area (Å²) in [7, 11) is 0. The maximum absolute atomic E-state index is 12.8. The van der Waals surface area contributed by atoms with E-state index in [2.05, 4.69) is 5.32 Å². The number of amides is 3. The third-order valence-corrected chi connectivity index (χ3v) is 6.49. The van der Waals surface area contributed by atoms with Gasteiger partial charge in [-0.1, -0.05) is 12.1 Å². The third kappa shape index (κ3) is 3.56. The molecule has 2 unspecified atom stereocenters. The van der Waals surface area contributed by atoms with Crippen LogP contribution < -0.4 is 11.1 Å². The number of aliphatic hydroxyl groups is 1. The number of nitrogens with zero attached hydrogens (tertiary/aromatic N) is 1. The largest absolute Gasteiger partial charge is 0.396 e. The van der Waals surface area contributed by atoms with Gasteiger partial charge in [0.2, 0.25) is 11.8 Å². The van der Waals surface area contributed by atoms with E-state index in [0.29, 0.717) is 30.4 Å². The second-order valence-corrected chi connectivity index (χ2v) is 8.38. The van der Waals surface area contributed by atoms with Crippen LogP contribution in [-0.2, 0) is 22.6 Å². The predicted octanol–water partition coefficient (Wildman–Crippen LogP) is 0.726. The Labute approximate surface area is 164 Å². The molecule has 0 bridgehead atoms. The number of carbonyl (C=O) groups is 3. The lowest BCUT2D eigenvalue weighted by Crippen LogP contribution is -2.52. The topological polar surface area (TPSA) is 113 Å². The van der Waals surface area contributed by atoms with E-state index in [-0.39, 0.29) is 36.8 Å². The minimum Gasteiger partial charge on any atom is -0.396 e. The van der Waals surface area contributed by atoms with Crippen molar-refractivity contribution in [3.8, 4) is 0 Å². The molecule has 7 nitrogen and oxygen atoms in total. The minimum absolute atomic E-state index is 0.137. The van der Waals surface area contributed by atoms with E-state index in [1.807, 2.05) is 18.2 Å². The molecule has 1 aromatic carbocycles. The van der Waals surface area contributed by atoms with Gasteiger partial charge in [-0.3, -0.25) is 19.7 Å². The molecular formula is C21H27N3O4. The molecule has 2 aliphatic heterocycles. The highest BCUT2D eigenvalue weighted by Crippen LogP contribution is 2.33. The average Bonchev–Trinajstić information content (AvgIpc) is 2.99. The highest BCUT2D eigenvalue weighted by molar-refractivity contribution is 6.05. The number of hydrogen-bond donors (Lipinski definition) is 3. The summed E-state index contributed by atoms with van der Waals surface area (Å²) in [6.45, 7) is 0.604. The molecule has 0 radical (unpaired) electrons. The van der Waals surface area contributed by atoms with Crippen molar-refractivity contribution in [1.29, 1.82) is 0 Å². The lowest BCUT2D eigenvalue weighted by molar-refractivity contribution is -0.136. The summed E-state index contributed by atoms with van der Waals surface area (Å²) in [6.07, 6.45) is 4.30. The van der Waals surface area contributed by atoms with Crippen LogP contribution in [0.5, 0.6) is 0 Å². The normalized spacial score (nSPS) is 30.4. The molecule has 3 aliphatic rings. The average molecular weight is 385 g/mol. The molecule has 0 spiro atoms. The quantitative estimate of drug-likeness (QED) is 0.661. The Morgan fingerprint density at radius 3 is 2.75 bits per heavy atom. The number of benzene rings is 1. The van der Waals surface area contributed by atoms with Gasteiger partial charge >= 0.3 is 0 Å². The molecule has 2 fully saturated rings. The van der Waals surface area contributed by atoms with Gasteiger partial charge in [-0.2, -0.15) is 0 Å². The number of nitrogens with two attached hydrogens (primary N) is 1. The summed E-state index contributed by atoms with van der Waals surface area (Å²) in [5.41, 5.74) is 9.00. The lowest BCUT2D eigenvalue weighted by Gasteiger charge is -2.33. The van der Waals surface area contributed by atoms with Crippen molar-refractivity contribution in [3.05, 3.63) is 34.9 Å². The number of fused-ring (bicyclic) bond motifs is 1. The summed E-state index contributed by atoms with van der Waals surface area (Å²) < 4.78 is 0. The zero-order valence-corrected chi connectivity index (χ0v) is 15.9. The number of aliphatic hydroxyl groups excluding tert-OH is 1. The predicted molar refractivity (Wildman–Crippen MR) is 102 cm³/mol. The summed E-state index contributed by atoms with van der Waals surface area (Å²) in [6, 6.07) is 5.42. The van der Waals surface area contributed by atoms with Gasteiger partial charge in [-0.25, -0.2) is 0 Å². The van der Waals surface area contributed by atoms with Gasteiger partial charge in [0.1, 0.15) is 6.04 Å². The van der Waals surface area contributed by atoms with Crippen LogP contribution in [0.15, 0.2) is 18.2 Å². The maximum atomic E-state index is 12.8.